The standard InChI is InChI=1S/C11H19N5/c1-14-11(9-4-5-15-10(9)13)16-6-2-3-8(12)7-16/h4-5,8,14H,2-3,6-7,12H2,1H3,(H2,13,15)/b11-9+. The van der Waals surface area contributed by atoms with Gasteiger partial charge >= 0.3 is 0 Å². The second-order valence-electron chi connectivity index (χ2n) is 4.21. The van der Waals surface area contributed by atoms with E-state index in [1.165, 1.54) is 0 Å². The van der Waals surface area contributed by atoms with Gasteiger partial charge in [0, 0.05) is 32.4 Å². The number of piperidine rings is 1. The molecular weight excluding hydrogens is 202 g/mol. The van der Waals surface area contributed by atoms with Crippen LogP contribution in [0, 0.1) is 5.41 Å². The molecule has 88 valence electrons. The minimum atomic E-state index is 0.241. The molecule has 2 heterocycles. The molecule has 0 saturated carbocycles. The predicted molar refractivity (Wildman–Crippen MR) is 64.9 cm³/mol. The van der Waals surface area contributed by atoms with E-state index in [1.54, 1.807) is 6.20 Å². The van der Waals surface area contributed by atoms with Crippen LogP contribution in [0.2, 0.25) is 0 Å². The van der Waals surface area contributed by atoms with Crippen molar-refractivity contribution in [2.75, 3.05) is 20.1 Å². The molecule has 1 saturated heterocycles. The van der Waals surface area contributed by atoms with Gasteiger partial charge in [-0.1, -0.05) is 0 Å². The first-order chi connectivity index (χ1) is 7.72. The van der Waals surface area contributed by atoms with Gasteiger partial charge in [0.1, 0.15) is 11.7 Å². The van der Waals surface area contributed by atoms with E-state index in [4.69, 9.17) is 11.1 Å². The Morgan fingerprint density at radius 3 is 3.06 bits per heavy atom. The molecule has 0 amide bonds. The van der Waals surface area contributed by atoms with Gasteiger partial charge < -0.3 is 21.3 Å². The maximum atomic E-state index is 7.78. The molecule has 0 radical (unpaired) electrons. The molecule has 0 aromatic heterocycles. The third-order valence-corrected chi connectivity index (χ3v) is 3.01. The van der Waals surface area contributed by atoms with Gasteiger partial charge in [-0.15, -0.1) is 0 Å². The highest BCUT2D eigenvalue weighted by atomic mass is 15.3. The van der Waals surface area contributed by atoms with Crippen molar-refractivity contribution in [3.8, 4) is 0 Å². The number of likely N-dealkylation sites (tertiary alicyclic amines) is 1. The highest BCUT2D eigenvalue weighted by Gasteiger charge is 2.22. The summed E-state index contributed by atoms with van der Waals surface area (Å²) in [5.74, 6) is 1.45. The third-order valence-electron chi connectivity index (χ3n) is 3.01. The van der Waals surface area contributed by atoms with Crippen molar-refractivity contribution >= 4 is 5.84 Å². The molecule has 0 bridgehead atoms. The summed E-state index contributed by atoms with van der Waals surface area (Å²) < 4.78 is 0. The molecular formula is C11H19N5. The van der Waals surface area contributed by atoms with Crippen LogP contribution >= 0.6 is 0 Å². The van der Waals surface area contributed by atoms with E-state index < -0.39 is 0 Å². The number of hydrogen-bond donors (Lipinski definition) is 4. The minimum absolute atomic E-state index is 0.241. The van der Waals surface area contributed by atoms with Gasteiger partial charge in [0.05, 0.1) is 5.57 Å². The van der Waals surface area contributed by atoms with Crippen LogP contribution in [0.25, 0.3) is 0 Å². The highest BCUT2D eigenvalue weighted by Crippen LogP contribution is 2.17. The van der Waals surface area contributed by atoms with Gasteiger partial charge in [0.25, 0.3) is 0 Å². The third kappa shape index (κ3) is 2.04. The quantitative estimate of drug-likeness (QED) is 0.526. The summed E-state index contributed by atoms with van der Waals surface area (Å²) in [4.78, 5) is 2.23. The van der Waals surface area contributed by atoms with Crippen LogP contribution in [0.5, 0.6) is 0 Å². The van der Waals surface area contributed by atoms with Gasteiger partial charge in [-0.3, -0.25) is 5.41 Å². The molecule has 1 atom stereocenters. The molecule has 2 aliphatic heterocycles. The second-order valence-corrected chi connectivity index (χ2v) is 4.21. The summed E-state index contributed by atoms with van der Waals surface area (Å²) in [6.45, 7) is 1.87. The van der Waals surface area contributed by atoms with Gasteiger partial charge in [0.15, 0.2) is 0 Å². The summed E-state index contributed by atoms with van der Waals surface area (Å²) in [5.41, 5.74) is 6.89. The van der Waals surface area contributed by atoms with Gasteiger partial charge in [-0.2, -0.15) is 0 Å². The molecule has 5 N–H and O–H groups in total. The summed E-state index contributed by atoms with van der Waals surface area (Å²) >= 11 is 0. The fourth-order valence-corrected chi connectivity index (χ4v) is 2.24. The van der Waals surface area contributed by atoms with Gasteiger partial charge in [0.2, 0.25) is 0 Å². The SMILES string of the molecule is CN/C(=C1/C=CNC1=N)N1CCCC(N)C1. The second kappa shape index (κ2) is 4.57. The molecule has 16 heavy (non-hydrogen) atoms. The van der Waals surface area contributed by atoms with E-state index in [9.17, 15) is 0 Å². The van der Waals surface area contributed by atoms with E-state index in [1.807, 2.05) is 13.1 Å². The molecule has 0 aromatic rings. The van der Waals surface area contributed by atoms with E-state index in [2.05, 4.69) is 15.5 Å². The van der Waals surface area contributed by atoms with Crippen molar-refractivity contribution in [3.63, 3.8) is 0 Å². The Bertz CT molecular complexity index is 344. The number of nitrogens with zero attached hydrogens (tertiary/aromatic N) is 1. The first-order valence-corrected chi connectivity index (χ1v) is 5.67. The minimum Gasteiger partial charge on any atom is -0.374 e. The molecule has 5 heteroatoms. The summed E-state index contributed by atoms with van der Waals surface area (Å²) in [5, 5.41) is 13.8. The zero-order chi connectivity index (χ0) is 11.5. The lowest BCUT2D eigenvalue weighted by Gasteiger charge is -2.34. The van der Waals surface area contributed by atoms with E-state index in [0.29, 0.717) is 5.84 Å². The van der Waals surface area contributed by atoms with Crippen molar-refractivity contribution in [1.29, 1.82) is 5.41 Å². The normalized spacial score (nSPS) is 28.0. The number of nitrogens with one attached hydrogen (secondary N) is 3. The fraction of sp³-hybridized carbons (Fsp3) is 0.545. The van der Waals surface area contributed by atoms with Crippen molar-refractivity contribution in [1.82, 2.24) is 15.5 Å². The van der Waals surface area contributed by atoms with Crippen LogP contribution in [0.1, 0.15) is 12.8 Å². The molecule has 2 aliphatic rings. The van der Waals surface area contributed by atoms with Crippen LogP contribution in [0.4, 0.5) is 0 Å². The van der Waals surface area contributed by atoms with E-state index >= 15 is 0 Å². The summed E-state index contributed by atoms with van der Waals surface area (Å²) in [6, 6.07) is 0.241. The lowest BCUT2D eigenvalue weighted by molar-refractivity contribution is 0.247. The van der Waals surface area contributed by atoms with Crippen molar-refractivity contribution in [2.24, 2.45) is 5.73 Å². The average Bonchev–Trinajstić information content (AvgIpc) is 2.67. The molecule has 0 aliphatic carbocycles. The van der Waals surface area contributed by atoms with Crippen LogP contribution in [-0.4, -0.2) is 36.9 Å². The molecule has 0 spiro atoms. The monoisotopic (exact) mass is 221 g/mol. The zero-order valence-corrected chi connectivity index (χ0v) is 9.59. The lowest BCUT2D eigenvalue weighted by atomic mass is 10.1. The largest absolute Gasteiger partial charge is 0.374 e. The average molecular weight is 221 g/mol. The summed E-state index contributed by atoms with van der Waals surface area (Å²) in [7, 11) is 1.89. The first kappa shape index (κ1) is 11.0. The lowest BCUT2D eigenvalue weighted by Crippen LogP contribution is -2.45. The fourth-order valence-electron chi connectivity index (χ4n) is 2.24. The predicted octanol–water partition coefficient (Wildman–Crippen LogP) is -0.0653. The Labute approximate surface area is 95.9 Å². The number of rotatable bonds is 2. The Balaban J connectivity index is 2.21. The highest BCUT2D eigenvalue weighted by molar-refractivity contribution is 6.02. The molecule has 1 unspecified atom stereocenters. The maximum absolute atomic E-state index is 7.78. The Hall–Kier alpha value is -1.49. The van der Waals surface area contributed by atoms with Crippen LogP contribution in [0.3, 0.4) is 0 Å². The number of hydrogen-bond acceptors (Lipinski definition) is 4. The van der Waals surface area contributed by atoms with E-state index in [-0.39, 0.29) is 6.04 Å². The van der Waals surface area contributed by atoms with Crippen molar-refractivity contribution in [2.45, 2.75) is 18.9 Å². The Morgan fingerprint density at radius 1 is 1.69 bits per heavy atom. The molecule has 5 nitrogen and oxygen atoms in total. The Morgan fingerprint density at radius 2 is 2.50 bits per heavy atom. The smallest absolute Gasteiger partial charge is 0.133 e. The zero-order valence-electron chi connectivity index (χ0n) is 9.59. The van der Waals surface area contributed by atoms with Crippen molar-refractivity contribution in [3.05, 3.63) is 23.7 Å². The van der Waals surface area contributed by atoms with Crippen LogP contribution in [0.15, 0.2) is 23.7 Å². The first-order valence-electron chi connectivity index (χ1n) is 5.67. The summed E-state index contributed by atoms with van der Waals surface area (Å²) in [6.07, 6.45) is 5.92. The van der Waals surface area contributed by atoms with Crippen molar-refractivity contribution < 1.29 is 0 Å². The van der Waals surface area contributed by atoms with Gasteiger partial charge in [-0.05, 0) is 18.9 Å². The van der Waals surface area contributed by atoms with Gasteiger partial charge in [-0.25, -0.2) is 0 Å². The molecule has 1 fully saturated rings. The maximum Gasteiger partial charge on any atom is 0.133 e. The van der Waals surface area contributed by atoms with Crippen LogP contribution in [-0.2, 0) is 0 Å². The Kier molecular flexibility index (Phi) is 3.14. The number of nitrogens with two attached hydrogens (primary N) is 1. The topological polar surface area (TPSA) is 77.2 Å². The molecule has 2 rings (SSSR count). The van der Waals surface area contributed by atoms with Crippen LogP contribution < -0.4 is 16.4 Å². The number of amidine groups is 1. The molecule has 0 aromatic carbocycles. The van der Waals surface area contributed by atoms with E-state index in [0.717, 1.165) is 37.3 Å².